The Morgan fingerprint density at radius 2 is 1.86 bits per heavy atom. The van der Waals surface area contributed by atoms with Gasteiger partial charge in [0.05, 0.1) is 0 Å². The first-order valence-electron chi connectivity index (χ1n) is 5.50. The van der Waals surface area contributed by atoms with Crippen molar-refractivity contribution in [3.05, 3.63) is 48.1 Å². The molecule has 0 spiro atoms. The second kappa shape index (κ2) is 10.0. The first kappa shape index (κ1) is 13.0. The molecule has 0 unspecified atom stereocenters. The van der Waals surface area contributed by atoms with E-state index in [-0.39, 0.29) is 0 Å². The zero-order valence-electron chi connectivity index (χ0n) is 9.66. The maximum Gasteiger partial charge on any atom is -0.0307 e. The van der Waals surface area contributed by atoms with Crippen molar-refractivity contribution >= 4 is 0 Å². The van der Waals surface area contributed by atoms with Crippen LogP contribution in [0, 0.1) is 0 Å². The smallest absolute Gasteiger partial charge is 0.0307 e. The predicted octanol–water partition coefficient (Wildman–Crippen LogP) is 4.81. The summed E-state index contributed by atoms with van der Waals surface area (Å²) < 4.78 is 0. The van der Waals surface area contributed by atoms with Gasteiger partial charge in [0.15, 0.2) is 0 Å². The van der Waals surface area contributed by atoms with E-state index in [0.29, 0.717) is 0 Å². The van der Waals surface area contributed by atoms with E-state index in [9.17, 15) is 0 Å². The number of allylic oxidation sites excluding steroid dienone is 8. The lowest BCUT2D eigenvalue weighted by Crippen LogP contribution is -1.72. The summed E-state index contributed by atoms with van der Waals surface area (Å²) in [5, 5.41) is 0. The average molecular weight is 190 g/mol. The fourth-order valence-corrected chi connectivity index (χ4v) is 1.03. The van der Waals surface area contributed by atoms with E-state index in [0.717, 1.165) is 6.42 Å². The highest BCUT2D eigenvalue weighted by molar-refractivity contribution is 5.25. The van der Waals surface area contributed by atoms with E-state index in [1.54, 1.807) is 0 Å². The standard InChI is InChI=1S/C14H22/c1-4-7-9-10-11-13-14(6-3)12-8-5-2/h5,8-13H,4,6-7H2,1-3H3/b8-5+,10-9+,13-11+,14-12+. The van der Waals surface area contributed by atoms with Gasteiger partial charge in [0.1, 0.15) is 0 Å². The first-order chi connectivity index (χ1) is 6.85. The highest BCUT2D eigenvalue weighted by Gasteiger charge is 1.82. The van der Waals surface area contributed by atoms with Crippen molar-refractivity contribution in [2.24, 2.45) is 0 Å². The van der Waals surface area contributed by atoms with Crippen molar-refractivity contribution in [1.29, 1.82) is 0 Å². The van der Waals surface area contributed by atoms with Crippen LogP contribution in [0.4, 0.5) is 0 Å². The van der Waals surface area contributed by atoms with Crippen LogP contribution < -0.4 is 0 Å². The summed E-state index contributed by atoms with van der Waals surface area (Å²) >= 11 is 0. The van der Waals surface area contributed by atoms with Crippen molar-refractivity contribution < 1.29 is 0 Å². The van der Waals surface area contributed by atoms with Gasteiger partial charge in [-0.05, 0) is 25.3 Å². The summed E-state index contributed by atoms with van der Waals surface area (Å²) in [6.45, 7) is 6.40. The van der Waals surface area contributed by atoms with Crippen LogP contribution in [0.15, 0.2) is 48.1 Å². The van der Waals surface area contributed by atoms with Crippen LogP contribution in [0.2, 0.25) is 0 Å². The highest BCUT2D eigenvalue weighted by atomic mass is 13.9. The van der Waals surface area contributed by atoms with Crippen molar-refractivity contribution in [3.8, 4) is 0 Å². The third-order valence-electron chi connectivity index (χ3n) is 1.92. The van der Waals surface area contributed by atoms with Gasteiger partial charge in [-0.25, -0.2) is 0 Å². The van der Waals surface area contributed by atoms with Crippen molar-refractivity contribution in [2.45, 2.75) is 40.0 Å². The number of rotatable bonds is 6. The Morgan fingerprint density at radius 1 is 1.07 bits per heavy atom. The van der Waals surface area contributed by atoms with Crippen molar-refractivity contribution in [3.63, 3.8) is 0 Å². The minimum Gasteiger partial charge on any atom is -0.0877 e. The second-order valence-corrected chi connectivity index (χ2v) is 3.20. The molecule has 0 nitrogen and oxygen atoms in total. The molecule has 0 N–H and O–H groups in total. The van der Waals surface area contributed by atoms with Gasteiger partial charge >= 0.3 is 0 Å². The molecule has 0 bridgehead atoms. The van der Waals surface area contributed by atoms with Crippen molar-refractivity contribution in [1.82, 2.24) is 0 Å². The molecule has 78 valence electrons. The first-order valence-corrected chi connectivity index (χ1v) is 5.50. The van der Waals surface area contributed by atoms with Gasteiger partial charge in [-0.1, -0.05) is 62.8 Å². The topological polar surface area (TPSA) is 0 Å². The number of unbranched alkanes of at least 4 members (excludes halogenated alkanes) is 1. The van der Waals surface area contributed by atoms with Gasteiger partial charge in [-0.15, -0.1) is 0 Å². The van der Waals surface area contributed by atoms with Gasteiger partial charge in [0.25, 0.3) is 0 Å². The predicted molar refractivity (Wildman–Crippen MR) is 66.4 cm³/mol. The molecule has 14 heavy (non-hydrogen) atoms. The van der Waals surface area contributed by atoms with Crippen molar-refractivity contribution in [2.75, 3.05) is 0 Å². The minimum atomic E-state index is 1.09. The lowest BCUT2D eigenvalue weighted by molar-refractivity contribution is 0.959. The minimum absolute atomic E-state index is 1.09. The third kappa shape index (κ3) is 7.60. The molecule has 0 radical (unpaired) electrons. The summed E-state index contributed by atoms with van der Waals surface area (Å²) in [6, 6.07) is 0. The second-order valence-electron chi connectivity index (χ2n) is 3.20. The Hall–Kier alpha value is -1.04. The molecule has 0 heteroatoms. The fraction of sp³-hybridized carbons (Fsp3) is 0.429. The van der Waals surface area contributed by atoms with Crippen LogP contribution in [0.3, 0.4) is 0 Å². The maximum absolute atomic E-state index is 2.21. The van der Waals surface area contributed by atoms with E-state index in [1.165, 1.54) is 18.4 Å². The van der Waals surface area contributed by atoms with Gasteiger partial charge in [-0.3, -0.25) is 0 Å². The van der Waals surface area contributed by atoms with Gasteiger partial charge in [-0.2, -0.15) is 0 Å². The summed E-state index contributed by atoms with van der Waals surface area (Å²) in [6.07, 6.45) is 18.4. The Morgan fingerprint density at radius 3 is 2.43 bits per heavy atom. The average Bonchev–Trinajstić information content (AvgIpc) is 2.22. The maximum atomic E-state index is 2.21. The Bertz CT molecular complexity index is 226. The summed E-state index contributed by atoms with van der Waals surface area (Å²) in [5.74, 6) is 0. The fourth-order valence-electron chi connectivity index (χ4n) is 1.03. The molecule has 0 aliphatic rings. The molecule has 0 aromatic heterocycles. The zero-order valence-corrected chi connectivity index (χ0v) is 9.66. The molecule has 0 aromatic rings. The summed E-state index contributed by atoms with van der Waals surface area (Å²) in [4.78, 5) is 0. The number of hydrogen-bond acceptors (Lipinski definition) is 0. The molecule has 0 amide bonds. The van der Waals surface area contributed by atoms with E-state index < -0.39 is 0 Å². The Labute approximate surface area is 88.7 Å². The van der Waals surface area contributed by atoms with Gasteiger partial charge < -0.3 is 0 Å². The van der Waals surface area contributed by atoms with E-state index in [2.05, 4.69) is 56.4 Å². The SMILES string of the molecule is C/C=C/C=C(/C=C/C=C/CCC)CC. The summed E-state index contributed by atoms with van der Waals surface area (Å²) in [5.41, 5.74) is 1.37. The van der Waals surface area contributed by atoms with Crippen LogP contribution >= 0.6 is 0 Å². The molecule has 0 rings (SSSR count). The van der Waals surface area contributed by atoms with Crippen LogP contribution in [-0.4, -0.2) is 0 Å². The zero-order chi connectivity index (χ0) is 10.6. The molecule has 0 heterocycles. The van der Waals surface area contributed by atoms with Crippen LogP contribution in [0.5, 0.6) is 0 Å². The quantitative estimate of drug-likeness (QED) is 0.527. The molecule has 0 aliphatic carbocycles. The Balaban J connectivity index is 4.04. The van der Waals surface area contributed by atoms with E-state index >= 15 is 0 Å². The molecule has 0 saturated carbocycles. The molecule has 0 aromatic carbocycles. The lowest BCUT2D eigenvalue weighted by atomic mass is 10.1. The normalized spacial score (nSPS) is 13.8. The van der Waals surface area contributed by atoms with E-state index in [4.69, 9.17) is 0 Å². The summed E-state index contributed by atoms with van der Waals surface area (Å²) in [7, 11) is 0. The van der Waals surface area contributed by atoms with Crippen LogP contribution in [-0.2, 0) is 0 Å². The number of hydrogen-bond donors (Lipinski definition) is 0. The van der Waals surface area contributed by atoms with Crippen LogP contribution in [0.25, 0.3) is 0 Å². The largest absolute Gasteiger partial charge is 0.0877 e. The molecular weight excluding hydrogens is 168 g/mol. The third-order valence-corrected chi connectivity index (χ3v) is 1.92. The van der Waals surface area contributed by atoms with Gasteiger partial charge in [0, 0.05) is 0 Å². The monoisotopic (exact) mass is 190 g/mol. The lowest BCUT2D eigenvalue weighted by Gasteiger charge is -1.92. The van der Waals surface area contributed by atoms with Gasteiger partial charge in [0.2, 0.25) is 0 Å². The van der Waals surface area contributed by atoms with E-state index in [1.807, 2.05) is 6.92 Å². The molecular formula is C14H22. The molecule has 0 fully saturated rings. The molecule has 0 atom stereocenters. The Kier molecular flexibility index (Phi) is 9.30. The molecule has 0 saturated heterocycles. The van der Waals surface area contributed by atoms with Crippen LogP contribution in [0.1, 0.15) is 40.0 Å². The highest BCUT2D eigenvalue weighted by Crippen LogP contribution is 2.03. The molecule has 0 aliphatic heterocycles.